The van der Waals surface area contributed by atoms with E-state index in [1.165, 1.54) is 5.56 Å². The number of ether oxygens (including phenoxy) is 1. The standard InChI is InChI=1S/C25H29BrN4O2/c1-3-19-10-11-23(20(26)17-19)32-16-6-9-24(31)29-12-14-30(15-13-29)25-18(2)27-21-7-4-5-8-22(21)28-25/h4-5,7-8,10-11,17H,3,6,9,12-16H2,1-2H3. The summed E-state index contributed by atoms with van der Waals surface area (Å²) in [5.41, 5.74) is 4.02. The predicted molar refractivity (Wildman–Crippen MR) is 131 cm³/mol. The number of aryl methyl sites for hydroxylation is 2. The van der Waals surface area contributed by atoms with Gasteiger partial charge < -0.3 is 14.5 Å². The van der Waals surface area contributed by atoms with Crippen molar-refractivity contribution in [1.82, 2.24) is 14.9 Å². The number of fused-ring (bicyclic) bond motifs is 1. The SMILES string of the molecule is CCc1ccc(OCCCC(=O)N2CCN(c3nc4ccccc4nc3C)CC2)c(Br)c1. The molecule has 0 N–H and O–H groups in total. The highest BCUT2D eigenvalue weighted by atomic mass is 79.9. The Hall–Kier alpha value is -2.67. The summed E-state index contributed by atoms with van der Waals surface area (Å²) < 4.78 is 6.82. The van der Waals surface area contributed by atoms with Crippen molar-refractivity contribution < 1.29 is 9.53 Å². The molecule has 1 aliphatic rings. The van der Waals surface area contributed by atoms with E-state index in [1.807, 2.05) is 42.2 Å². The van der Waals surface area contributed by atoms with E-state index in [2.05, 4.69) is 39.9 Å². The Morgan fingerprint density at radius 3 is 2.47 bits per heavy atom. The van der Waals surface area contributed by atoms with Gasteiger partial charge in [0.2, 0.25) is 5.91 Å². The molecule has 168 valence electrons. The number of benzene rings is 2. The van der Waals surface area contributed by atoms with Crippen LogP contribution in [0, 0.1) is 6.92 Å². The van der Waals surface area contributed by atoms with Crippen molar-refractivity contribution in [3.63, 3.8) is 0 Å². The zero-order valence-corrected chi connectivity index (χ0v) is 20.3. The second kappa shape index (κ2) is 10.3. The Morgan fingerprint density at radius 2 is 1.78 bits per heavy atom. The molecule has 1 aromatic heterocycles. The molecule has 6 nitrogen and oxygen atoms in total. The number of amides is 1. The molecule has 0 radical (unpaired) electrons. The molecule has 0 spiro atoms. The first kappa shape index (κ1) is 22.5. The molecule has 0 aliphatic carbocycles. The van der Waals surface area contributed by atoms with Crippen molar-refractivity contribution >= 4 is 38.7 Å². The van der Waals surface area contributed by atoms with Gasteiger partial charge in [0, 0.05) is 32.6 Å². The molecule has 0 atom stereocenters. The van der Waals surface area contributed by atoms with Crippen LogP contribution in [-0.2, 0) is 11.2 Å². The third-order valence-electron chi connectivity index (χ3n) is 5.85. The highest BCUT2D eigenvalue weighted by Crippen LogP contribution is 2.26. The number of piperazine rings is 1. The van der Waals surface area contributed by atoms with Crippen LogP contribution in [0.2, 0.25) is 0 Å². The lowest BCUT2D eigenvalue weighted by Gasteiger charge is -2.36. The molecule has 1 saturated heterocycles. The average Bonchev–Trinajstić information content (AvgIpc) is 2.82. The number of anilines is 1. The van der Waals surface area contributed by atoms with Crippen LogP contribution in [0.4, 0.5) is 5.82 Å². The van der Waals surface area contributed by atoms with Crippen LogP contribution in [0.25, 0.3) is 11.0 Å². The van der Waals surface area contributed by atoms with Crippen LogP contribution in [0.3, 0.4) is 0 Å². The maximum absolute atomic E-state index is 12.7. The number of rotatable bonds is 7. The van der Waals surface area contributed by atoms with Crippen LogP contribution in [0.5, 0.6) is 5.75 Å². The van der Waals surface area contributed by atoms with Crippen molar-refractivity contribution in [2.45, 2.75) is 33.1 Å². The summed E-state index contributed by atoms with van der Waals surface area (Å²) in [6.07, 6.45) is 2.20. The number of carbonyl (C=O) groups excluding carboxylic acids is 1. The summed E-state index contributed by atoms with van der Waals surface area (Å²) in [7, 11) is 0. The van der Waals surface area contributed by atoms with Gasteiger partial charge in [-0.1, -0.05) is 25.1 Å². The van der Waals surface area contributed by atoms with Crippen LogP contribution in [0.15, 0.2) is 46.9 Å². The molecular formula is C25H29BrN4O2. The molecule has 1 amide bonds. The largest absolute Gasteiger partial charge is 0.492 e. The normalized spacial score (nSPS) is 14.1. The van der Waals surface area contributed by atoms with E-state index in [1.54, 1.807) is 0 Å². The van der Waals surface area contributed by atoms with E-state index in [9.17, 15) is 4.79 Å². The summed E-state index contributed by atoms with van der Waals surface area (Å²) in [6.45, 7) is 7.61. The minimum atomic E-state index is 0.190. The Labute approximate surface area is 197 Å². The van der Waals surface area contributed by atoms with Crippen LogP contribution < -0.4 is 9.64 Å². The zero-order valence-electron chi connectivity index (χ0n) is 18.7. The zero-order chi connectivity index (χ0) is 22.5. The van der Waals surface area contributed by atoms with Crippen LogP contribution in [0.1, 0.15) is 31.0 Å². The topological polar surface area (TPSA) is 58.6 Å². The van der Waals surface area contributed by atoms with Gasteiger partial charge in [-0.15, -0.1) is 0 Å². The first-order valence-electron chi connectivity index (χ1n) is 11.2. The highest BCUT2D eigenvalue weighted by molar-refractivity contribution is 9.10. The first-order chi connectivity index (χ1) is 15.5. The molecule has 2 aromatic carbocycles. The van der Waals surface area contributed by atoms with Gasteiger partial charge in [-0.2, -0.15) is 0 Å². The number of aromatic nitrogens is 2. The first-order valence-corrected chi connectivity index (χ1v) is 12.0. The minimum absolute atomic E-state index is 0.190. The quantitative estimate of drug-likeness (QED) is 0.440. The fourth-order valence-corrected chi connectivity index (χ4v) is 4.53. The van der Waals surface area contributed by atoms with Gasteiger partial charge in [-0.05, 0) is 65.5 Å². The molecule has 7 heteroatoms. The van der Waals surface area contributed by atoms with E-state index in [0.717, 1.165) is 52.3 Å². The number of halogens is 1. The summed E-state index contributed by atoms with van der Waals surface area (Å²) >= 11 is 3.56. The molecule has 4 rings (SSSR count). The van der Waals surface area contributed by atoms with Crippen molar-refractivity contribution in [1.29, 1.82) is 0 Å². The van der Waals surface area contributed by atoms with Gasteiger partial charge in [-0.25, -0.2) is 9.97 Å². The molecule has 0 bridgehead atoms. The van der Waals surface area contributed by atoms with Crippen LogP contribution >= 0.6 is 15.9 Å². The summed E-state index contributed by atoms with van der Waals surface area (Å²) in [5.74, 6) is 1.94. The van der Waals surface area contributed by atoms with Crippen molar-refractivity contribution in [3.8, 4) is 5.75 Å². The Kier molecular flexibility index (Phi) is 7.25. The smallest absolute Gasteiger partial charge is 0.222 e. The average molecular weight is 497 g/mol. The fraction of sp³-hybridized carbons (Fsp3) is 0.400. The second-order valence-corrected chi connectivity index (χ2v) is 8.91. The second-order valence-electron chi connectivity index (χ2n) is 8.06. The summed E-state index contributed by atoms with van der Waals surface area (Å²) in [5, 5.41) is 0. The van der Waals surface area contributed by atoms with E-state index >= 15 is 0 Å². The Morgan fingerprint density at radius 1 is 1.06 bits per heavy atom. The number of carbonyl (C=O) groups is 1. The molecule has 32 heavy (non-hydrogen) atoms. The summed E-state index contributed by atoms with van der Waals surface area (Å²) in [4.78, 5) is 26.4. The third kappa shape index (κ3) is 5.21. The minimum Gasteiger partial charge on any atom is -0.492 e. The fourth-order valence-electron chi connectivity index (χ4n) is 3.99. The maximum Gasteiger partial charge on any atom is 0.222 e. The van der Waals surface area contributed by atoms with Crippen molar-refractivity contribution in [3.05, 3.63) is 58.2 Å². The van der Waals surface area contributed by atoms with Gasteiger partial charge in [-0.3, -0.25) is 4.79 Å². The predicted octanol–water partition coefficient (Wildman–Crippen LogP) is 4.77. The lowest BCUT2D eigenvalue weighted by Crippen LogP contribution is -2.49. The Balaban J connectivity index is 1.25. The van der Waals surface area contributed by atoms with E-state index in [4.69, 9.17) is 14.7 Å². The number of hydrogen-bond acceptors (Lipinski definition) is 5. The molecule has 2 heterocycles. The van der Waals surface area contributed by atoms with E-state index < -0.39 is 0 Å². The van der Waals surface area contributed by atoms with Gasteiger partial charge in [0.15, 0.2) is 5.82 Å². The molecule has 1 fully saturated rings. The Bertz CT molecular complexity index is 1100. The van der Waals surface area contributed by atoms with Gasteiger partial charge in [0.25, 0.3) is 0 Å². The van der Waals surface area contributed by atoms with Crippen LogP contribution in [-0.4, -0.2) is 53.6 Å². The highest BCUT2D eigenvalue weighted by Gasteiger charge is 2.23. The maximum atomic E-state index is 12.7. The van der Waals surface area contributed by atoms with Gasteiger partial charge in [0.1, 0.15) is 5.75 Å². The number of para-hydroxylation sites is 2. The van der Waals surface area contributed by atoms with Crippen molar-refractivity contribution in [2.75, 3.05) is 37.7 Å². The van der Waals surface area contributed by atoms with E-state index in [-0.39, 0.29) is 5.91 Å². The van der Waals surface area contributed by atoms with Crippen molar-refractivity contribution in [2.24, 2.45) is 0 Å². The number of hydrogen-bond donors (Lipinski definition) is 0. The molecule has 0 saturated carbocycles. The number of nitrogens with zero attached hydrogens (tertiary/aromatic N) is 4. The molecule has 0 unspecified atom stereocenters. The molecular weight excluding hydrogens is 468 g/mol. The lowest BCUT2D eigenvalue weighted by molar-refractivity contribution is -0.131. The molecule has 3 aromatic rings. The third-order valence-corrected chi connectivity index (χ3v) is 6.47. The lowest BCUT2D eigenvalue weighted by atomic mass is 10.2. The monoisotopic (exact) mass is 496 g/mol. The van der Waals surface area contributed by atoms with Gasteiger partial charge >= 0.3 is 0 Å². The summed E-state index contributed by atoms with van der Waals surface area (Å²) in [6, 6.07) is 14.1. The van der Waals surface area contributed by atoms with Gasteiger partial charge in [0.05, 0.1) is 27.8 Å². The van der Waals surface area contributed by atoms with E-state index in [0.29, 0.717) is 32.5 Å². The molecule has 1 aliphatic heterocycles.